The zero-order chi connectivity index (χ0) is 19.5. The van der Waals surface area contributed by atoms with Crippen molar-refractivity contribution in [2.75, 3.05) is 32.7 Å². The van der Waals surface area contributed by atoms with Crippen LogP contribution in [-0.2, 0) is 22.6 Å². The predicted octanol–water partition coefficient (Wildman–Crippen LogP) is 1.05. The maximum absolute atomic E-state index is 13.1. The number of nitrogens with one attached hydrogen (secondary N) is 1. The summed E-state index contributed by atoms with van der Waals surface area (Å²) in [5.41, 5.74) is 0. The maximum atomic E-state index is 13.1. The van der Waals surface area contributed by atoms with Crippen LogP contribution in [0.15, 0.2) is 17.5 Å². The fraction of sp³-hybridized carbons (Fsp3) is 0.579. The van der Waals surface area contributed by atoms with Gasteiger partial charge in [-0.2, -0.15) is 5.10 Å². The van der Waals surface area contributed by atoms with Crippen molar-refractivity contribution < 1.29 is 9.59 Å². The number of hydrogen-bond donors (Lipinski definition) is 1. The third-order valence-electron chi connectivity index (χ3n) is 5.46. The molecule has 0 bridgehead atoms. The smallest absolute Gasteiger partial charge is 0.245 e. The van der Waals surface area contributed by atoms with Crippen LogP contribution >= 0.6 is 11.3 Å². The van der Waals surface area contributed by atoms with E-state index in [2.05, 4.69) is 20.1 Å². The number of carbonyl (C=O) groups excluding carboxylic acids is 2. The third-order valence-corrected chi connectivity index (χ3v) is 6.33. The van der Waals surface area contributed by atoms with E-state index in [1.54, 1.807) is 16.2 Å². The summed E-state index contributed by atoms with van der Waals surface area (Å²) in [6.45, 7) is 6.24. The normalized spacial score (nSPS) is 20.7. The van der Waals surface area contributed by atoms with Gasteiger partial charge in [-0.25, -0.2) is 4.98 Å². The predicted molar refractivity (Wildman–Crippen MR) is 106 cm³/mol. The fourth-order valence-corrected chi connectivity index (χ4v) is 4.68. The maximum Gasteiger partial charge on any atom is 0.245 e. The first kappa shape index (κ1) is 19.1. The zero-order valence-electron chi connectivity index (χ0n) is 16.1. The highest BCUT2D eigenvalue weighted by molar-refractivity contribution is 7.10. The molecule has 1 unspecified atom stereocenters. The van der Waals surface area contributed by atoms with Gasteiger partial charge >= 0.3 is 0 Å². The van der Waals surface area contributed by atoms with Crippen LogP contribution in [0.1, 0.15) is 29.4 Å². The first-order chi connectivity index (χ1) is 13.6. The van der Waals surface area contributed by atoms with E-state index in [9.17, 15) is 9.59 Å². The molecule has 8 nitrogen and oxygen atoms in total. The van der Waals surface area contributed by atoms with Gasteiger partial charge < -0.3 is 9.80 Å². The second kappa shape index (κ2) is 8.40. The molecule has 2 aromatic rings. The van der Waals surface area contributed by atoms with E-state index in [1.165, 1.54) is 0 Å². The number of piperazine rings is 1. The van der Waals surface area contributed by atoms with Gasteiger partial charge in [0.05, 0.1) is 13.0 Å². The van der Waals surface area contributed by atoms with Crippen molar-refractivity contribution in [2.24, 2.45) is 0 Å². The van der Waals surface area contributed by atoms with Gasteiger partial charge in [-0.05, 0) is 31.2 Å². The summed E-state index contributed by atoms with van der Waals surface area (Å²) in [6, 6.07) is 3.64. The lowest BCUT2D eigenvalue weighted by atomic mass is 10.1. The van der Waals surface area contributed by atoms with Crippen LogP contribution in [0.2, 0.25) is 0 Å². The van der Waals surface area contributed by atoms with E-state index in [1.807, 2.05) is 29.3 Å². The molecule has 1 atom stereocenters. The third kappa shape index (κ3) is 4.25. The number of hydrogen-bond acceptors (Lipinski definition) is 6. The minimum absolute atomic E-state index is 0.0666. The number of nitrogens with zero attached hydrogens (tertiary/aromatic N) is 5. The van der Waals surface area contributed by atoms with Crippen LogP contribution in [-0.4, -0.2) is 80.5 Å². The van der Waals surface area contributed by atoms with Gasteiger partial charge in [0.15, 0.2) is 5.82 Å². The van der Waals surface area contributed by atoms with Crippen LogP contribution in [0.25, 0.3) is 0 Å². The highest BCUT2D eigenvalue weighted by atomic mass is 32.1. The highest BCUT2D eigenvalue weighted by Crippen LogP contribution is 2.22. The zero-order valence-corrected chi connectivity index (χ0v) is 17.0. The van der Waals surface area contributed by atoms with Gasteiger partial charge in [-0.15, -0.1) is 11.3 Å². The van der Waals surface area contributed by atoms with Crippen LogP contribution in [0.4, 0.5) is 0 Å². The van der Waals surface area contributed by atoms with E-state index in [0.717, 1.165) is 42.5 Å². The minimum atomic E-state index is -0.297. The molecule has 2 aromatic heterocycles. The average Bonchev–Trinajstić information content (AvgIpc) is 3.44. The van der Waals surface area contributed by atoms with Gasteiger partial charge in [0.1, 0.15) is 11.9 Å². The summed E-state index contributed by atoms with van der Waals surface area (Å²) in [7, 11) is 0. The monoisotopic (exact) mass is 402 g/mol. The summed E-state index contributed by atoms with van der Waals surface area (Å²) in [5, 5.41) is 9.03. The van der Waals surface area contributed by atoms with Crippen LogP contribution < -0.4 is 0 Å². The lowest BCUT2D eigenvalue weighted by molar-refractivity contribution is -0.144. The number of aromatic nitrogens is 3. The Morgan fingerprint density at radius 2 is 2.07 bits per heavy atom. The molecule has 4 rings (SSSR count). The van der Waals surface area contributed by atoms with Crippen LogP contribution in [0.3, 0.4) is 0 Å². The van der Waals surface area contributed by atoms with Crippen molar-refractivity contribution in [2.45, 2.75) is 38.8 Å². The molecule has 2 fully saturated rings. The molecule has 0 saturated carbocycles. The highest BCUT2D eigenvalue weighted by Gasteiger charge is 2.37. The second-order valence-electron chi connectivity index (χ2n) is 7.44. The average molecular weight is 403 g/mol. The number of aryl methyl sites for hydroxylation is 1. The first-order valence-corrected chi connectivity index (χ1v) is 10.7. The number of aromatic amines is 1. The fourth-order valence-electron chi connectivity index (χ4n) is 3.98. The van der Waals surface area contributed by atoms with Crippen molar-refractivity contribution in [1.82, 2.24) is 29.9 Å². The van der Waals surface area contributed by atoms with E-state index in [-0.39, 0.29) is 17.9 Å². The molecule has 2 aliphatic rings. The standard InChI is InChI=1S/C19H26N6O2S/c1-14-20-17(22-21-14)13-23-7-9-24(10-8-23)19(27)16-5-2-6-25(16)18(26)12-15-4-3-11-28-15/h3-4,11,16H,2,5-10,12-13H2,1H3,(H,20,21,22). The quantitative estimate of drug-likeness (QED) is 0.808. The number of rotatable bonds is 5. The first-order valence-electron chi connectivity index (χ1n) is 9.81. The number of thiophene rings is 1. The molecule has 0 aromatic carbocycles. The van der Waals surface area contributed by atoms with Crippen LogP contribution in [0, 0.1) is 6.92 Å². The molecule has 150 valence electrons. The Morgan fingerprint density at radius 3 is 2.75 bits per heavy atom. The molecule has 2 aliphatic heterocycles. The Bertz CT molecular complexity index is 812. The molecule has 0 spiro atoms. The second-order valence-corrected chi connectivity index (χ2v) is 8.47. The van der Waals surface area contributed by atoms with Crippen molar-refractivity contribution in [3.63, 3.8) is 0 Å². The molecule has 1 N–H and O–H groups in total. The Balaban J connectivity index is 1.30. The molecule has 2 saturated heterocycles. The summed E-state index contributed by atoms with van der Waals surface area (Å²) in [6.07, 6.45) is 2.06. The number of H-pyrrole nitrogens is 1. The van der Waals surface area contributed by atoms with Gasteiger partial charge in [-0.3, -0.25) is 19.6 Å². The molecule has 9 heteroatoms. The number of likely N-dealkylation sites (tertiary alicyclic amines) is 1. The number of carbonyl (C=O) groups is 2. The van der Waals surface area contributed by atoms with E-state index >= 15 is 0 Å². The lowest BCUT2D eigenvalue weighted by Gasteiger charge is -2.37. The molecular weight excluding hydrogens is 376 g/mol. The van der Waals surface area contributed by atoms with Gasteiger partial charge in [0.2, 0.25) is 11.8 Å². The summed E-state index contributed by atoms with van der Waals surface area (Å²) >= 11 is 1.59. The molecule has 4 heterocycles. The topological polar surface area (TPSA) is 85.4 Å². The largest absolute Gasteiger partial charge is 0.338 e. The molecule has 28 heavy (non-hydrogen) atoms. The van der Waals surface area contributed by atoms with E-state index < -0.39 is 0 Å². The Labute approximate surface area is 168 Å². The molecule has 0 radical (unpaired) electrons. The Morgan fingerprint density at radius 1 is 1.25 bits per heavy atom. The van der Waals surface area contributed by atoms with Crippen molar-refractivity contribution >= 4 is 23.2 Å². The molecule has 2 amide bonds. The van der Waals surface area contributed by atoms with Gasteiger partial charge in [-0.1, -0.05) is 6.07 Å². The van der Waals surface area contributed by atoms with Gasteiger partial charge in [0.25, 0.3) is 0 Å². The van der Waals surface area contributed by atoms with Crippen molar-refractivity contribution in [3.05, 3.63) is 34.0 Å². The van der Waals surface area contributed by atoms with Crippen LogP contribution in [0.5, 0.6) is 0 Å². The van der Waals surface area contributed by atoms with Crippen molar-refractivity contribution in [1.29, 1.82) is 0 Å². The lowest BCUT2D eigenvalue weighted by Crippen LogP contribution is -2.54. The summed E-state index contributed by atoms with van der Waals surface area (Å²) in [4.78, 5) is 37.2. The SMILES string of the molecule is Cc1nc(CN2CCN(C(=O)C3CCCN3C(=O)Cc3cccs3)CC2)n[nH]1. The Kier molecular flexibility index (Phi) is 5.72. The summed E-state index contributed by atoms with van der Waals surface area (Å²) < 4.78 is 0. The summed E-state index contributed by atoms with van der Waals surface area (Å²) in [5.74, 6) is 1.78. The van der Waals surface area contributed by atoms with E-state index in [0.29, 0.717) is 32.6 Å². The van der Waals surface area contributed by atoms with Gasteiger partial charge in [0, 0.05) is 37.6 Å². The molecular formula is C19H26N6O2S. The van der Waals surface area contributed by atoms with E-state index in [4.69, 9.17) is 0 Å². The Hall–Kier alpha value is -2.26. The minimum Gasteiger partial charge on any atom is -0.338 e. The molecule has 0 aliphatic carbocycles. The van der Waals surface area contributed by atoms with Crippen molar-refractivity contribution in [3.8, 4) is 0 Å². The number of amides is 2.